The van der Waals surface area contributed by atoms with E-state index in [1.54, 1.807) is 11.3 Å². The van der Waals surface area contributed by atoms with Gasteiger partial charge in [0.05, 0.1) is 15.9 Å². The SMILES string of the molecule is Cc1ccc(CN(C)c2ccc(N=Nc3nc4ccccc4s3)cc2)cc1. The third-order valence-corrected chi connectivity index (χ3v) is 5.29. The van der Waals surface area contributed by atoms with Crippen molar-refractivity contribution in [2.45, 2.75) is 13.5 Å². The molecule has 3 aromatic carbocycles. The number of azo groups is 1. The molecule has 0 amide bonds. The van der Waals surface area contributed by atoms with Crippen molar-refractivity contribution in [3.8, 4) is 0 Å². The molecule has 0 aliphatic rings. The van der Waals surface area contributed by atoms with Crippen molar-refractivity contribution < 1.29 is 0 Å². The Morgan fingerprint density at radius 1 is 0.889 bits per heavy atom. The molecule has 0 atom stereocenters. The Labute approximate surface area is 162 Å². The average molecular weight is 372 g/mol. The summed E-state index contributed by atoms with van der Waals surface area (Å²) >= 11 is 1.55. The Balaban J connectivity index is 1.44. The molecule has 0 fully saturated rings. The lowest BCUT2D eigenvalue weighted by Crippen LogP contribution is -2.15. The van der Waals surface area contributed by atoms with Crippen LogP contribution in [0, 0.1) is 6.92 Å². The molecule has 27 heavy (non-hydrogen) atoms. The van der Waals surface area contributed by atoms with Gasteiger partial charge in [-0.25, -0.2) is 4.98 Å². The molecule has 1 aromatic heterocycles. The zero-order chi connectivity index (χ0) is 18.6. The number of nitrogens with zero attached hydrogens (tertiary/aromatic N) is 4. The second-order valence-electron chi connectivity index (χ2n) is 6.52. The molecule has 0 unspecified atom stereocenters. The molecular formula is C22H20N4S. The molecule has 0 N–H and O–H groups in total. The van der Waals surface area contributed by atoms with Crippen LogP contribution < -0.4 is 4.90 Å². The molecule has 0 aliphatic carbocycles. The first-order valence-electron chi connectivity index (χ1n) is 8.81. The van der Waals surface area contributed by atoms with Gasteiger partial charge in [0.1, 0.15) is 0 Å². The Bertz CT molecular complexity index is 1030. The van der Waals surface area contributed by atoms with Gasteiger partial charge in [-0.1, -0.05) is 53.3 Å². The first-order valence-corrected chi connectivity index (χ1v) is 9.63. The molecule has 4 rings (SSSR count). The predicted octanol–water partition coefficient (Wildman–Crippen LogP) is 6.66. The van der Waals surface area contributed by atoms with E-state index in [1.807, 2.05) is 36.4 Å². The summed E-state index contributed by atoms with van der Waals surface area (Å²) in [5.41, 5.74) is 5.51. The Morgan fingerprint density at radius 2 is 1.63 bits per heavy atom. The van der Waals surface area contributed by atoms with Crippen LogP contribution in [-0.2, 0) is 6.54 Å². The fourth-order valence-electron chi connectivity index (χ4n) is 2.84. The maximum absolute atomic E-state index is 4.48. The second kappa shape index (κ2) is 7.68. The molecular weight excluding hydrogens is 352 g/mol. The number of benzene rings is 3. The van der Waals surface area contributed by atoms with Crippen molar-refractivity contribution in [1.82, 2.24) is 4.98 Å². The normalized spacial score (nSPS) is 11.3. The van der Waals surface area contributed by atoms with Crippen molar-refractivity contribution in [3.05, 3.63) is 83.9 Å². The van der Waals surface area contributed by atoms with Crippen LogP contribution in [0.1, 0.15) is 11.1 Å². The first-order chi connectivity index (χ1) is 13.2. The highest BCUT2D eigenvalue weighted by Crippen LogP contribution is 2.29. The van der Waals surface area contributed by atoms with Gasteiger partial charge >= 0.3 is 0 Å². The van der Waals surface area contributed by atoms with Gasteiger partial charge in [-0.2, -0.15) is 0 Å². The third kappa shape index (κ3) is 4.20. The van der Waals surface area contributed by atoms with Gasteiger partial charge in [-0.3, -0.25) is 0 Å². The van der Waals surface area contributed by atoms with E-state index in [0.29, 0.717) is 5.13 Å². The van der Waals surface area contributed by atoms with E-state index < -0.39 is 0 Å². The number of rotatable bonds is 5. The number of thiazole rings is 1. The Morgan fingerprint density at radius 3 is 2.37 bits per heavy atom. The molecule has 0 radical (unpaired) electrons. The monoisotopic (exact) mass is 372 g/mol. The molecule has 1 heterocycles. The van der Waals surface area contributed by atoms with Gasteiger partial charge in [0, 0.05) is 19.3 Å². The van der Waals surface area contributed by atoms with E-state index in [0.717, 1.165) is 28.1 Å². The van der Waals surface area contributed by atoms with Crippen molar-refractivity contribution in [3.63, 3.8) is 0 Å². The molecule has 0 spiro atoms. The third-order valence-electron chi connectivity index (χ3n) is 4.36. The molecule has 134 valence electrons. The van der Waals surface area contributed by atoms with Crippen LogP contribution in [0.5, 0.6) is 0 Å². The topological polar surface area (TPSA) is 40.9 Å². The van der Waals surface area contributed by atoms with Gasteiger partial charge in [-0.05, 0) is 48.9 Å². The van der Waals surface area contributed by atoms with Crippen molar-refractivity contribution in [1.29, 1.82) is 0 Å². The fourth-order valence-corrected chi connectivity index (χ4v) is 3.62. The predicted molar refractivity (Wildman–Crippen MR) is 114 cm³/mol. The van der Waals surface area contributed by atoms with Crippen LogP contribution in [0.4, 0.5) is 16.5 Å². The number of hydrogen-bond donors (Lipinski definition) is 0. The molecule has 4 nitrogen and oxygen atoms in total. The van der Waals surface area contributed by atoms with E-state index in [1.165, 1.54) is 11.1 Å². The zero-order valence-electron chi connectivity index (χ0n) is 15.3. The largest absolute Gasteiger partial charge is 0.370 e. The lowest BCUT2D eigenvalue weighted by Gasteiger charge is -2.19. The summed E-state index contributed by atoms with van der Waals surface area (Å²) in [6, 6.07) is 24.8. The summed E-state index contributed by atoms with van der Waals surface area (Å²) in [6.45, 7) is 2.97. The standard InChI is InChI=1S/C22H20N4S/c1-16-7-9-17(10-8-16)15-26(2)19-13-11-18(12-14-19)24-25-22-23-20-5-3-4-6-21(20)27-22/h3-14H,15H2,1-2H3. The highest BCUT2D eigenvalue weighted by atomic mass is 32.1. The fraction of sp³-hybridized carbons (Fsp3) is 0.136. The number of hydrogen-bond acceptors (Lipinski definition) is 5. The lowest BCUT2D eigenvalue weighted by molar-refractivity contribution is 0.922. The van der Waals surface area contributed by atoms with Crippen molar-refractivity contribution in [2.24, 2.45) is 10.2 Å². The highest BCUT2D eigenvalue weighted by molar-refractivity contribution is 7.21. The quantitative estimate of drug-likeness (QED) is 0.368. The molecule has 0 saturated carbocycles. The number of para-hydroxylation sites is 1. The van der Waals surface area contributed by atoms with E-state index in [-0.39, 0.29) is 0 Å². The van der Waals surface area contributed by atoms with Crippen LogP contribution in [-0.4, -0.2) is 12.0 Å². The van der Waals surface area contributed by atoms with Gasteiger partial charge in [0.15, 0.2) is 0 Å². The summed E-state index contributed by atoms with van der Waals surface area (Å²) in [6.07, 6.45) is 0. The van der Waals surface area contributed by atoms with Crippen LogP contribution in [0.3, 0.4) is 0 Å². The van der Waals surface area contributed by atoms with Crippen molar-refractivity contribution in [2.75, 3.05) is 11.9 Å². The number of fused-ring (bicyclic) bond motifs is 1. The molecule has 0 saturated heterocycles. The first kappa shape index (κ1) is 17.4. The van der Waals surface area contributed by atoms with Gasteiger partial charge in [0.25, 0.3) is 0 Å². The van der Waals surface area contributed by atoms with E-state index in [9.17, 15) is 0 Å². The van der Waals surface area contributed by atoms with Gasteiger partial charge in [0.2, 0.25) is 5.13 Å². The summed E-state index contributed by atoms with van der Waals surface area (Å²) in [7, 11) is 2.09. The zero-order valence-corrected chi connectivity index (χ0v) is 16.1. The Kier molecular flexibility index (Phi) is 4.94. The summed E-state index contributed by atoms with van der Waals surface area (Å²) in [5.74, 6) is 0. The van der Waals surface area contributed by atoms with Gasteiger partial charge in [-0.15, -0.1) is 10.2 Å². The highest BCUT2D eigenvalue weighted by Gasteiger charge is 2.04. The maximum Gasteiger partial charge on any atom is 0.231 e. The molecule has 0 aliphatic heterocycles. The van der Waals surface area contributed by atoms with E-state index >= 15 is 0 Å². The second-order valence-corrected chi connectivity index (χ2v) is 7.53. The summed E-state index contributed by atoms with van der Waals surface area (Å²) in [4.78, 5) is 6.70. The smallest absolute Gasteiger partial charge is 0.231 e. The Hall–Kier alpha value is -3.05. The van der Waals surface area contributed by atoms with Gasteiger partial charge < -0.3 is 4.90 Å². The van der Waals surface area contributed by atoms with Crippen LogP contribution in [0.15, 0.2) is 83.0 Å². The lowest BCUT2D eigenvalue weighted by atomic mass is 10.1. The minimum absolute atomic E-state index is 0.678. The van der Waals surface area contributed by atoms with E-state index in [4.69, 9.17) is 0 Å². The average Bonchev–Trinajstić information content (AvgIpc) is 3.11. The van der Waals surface area contributed by atoms with Crippen molar-refractivity contribution >= 4 is 38.1 Å². The number of aromatic nitrogens is 1. The number of anilines is 1. The van der Waals surface area contributed by atoms with Crippen LogP contribution >= 0.6 is 11.3 Å². The summed E-state index contributed by atoms with van der Waals surface area (Å²) in [5, 5.41) is 9.28. The minimum Gasteiger partial charge on any atom is -0.370 e. The molecule has 4 aromatic rings. The van der Waals surface area contributed by atoms with Crippen LogP contribution in [0.25, 0.3) is 10.2 Å². The maximum atomic E-state index is 4.48. The minimum atomic E-state index is 0.678. The van der Waals surface area contributed by atoms with Crippen LogP contribution in [0.2, 0.25) is 0 Å². The summed E-state index contributed by atoms with van der Waals surface area (Å²) < 4.78 is 1.12. The number of aryl methyl sites for hydroxylation is 1. The molecule has 0 bridgehead atoms. The molecule has 5 heteroatoms. The van der Waals surface area contributed by atoms with E-state index in [2.05, 4.69) is 70.5 Å².